The second-order valence-electron chi connectivity index (χ2n) is 9.39. The molecule has 3 aromatic rings. The molecule has 4 rings (SSSR count). The van der Waals surface area contributed by atoms with Gasteiger partial charge in [0, 0.05) is 12.3 Å². The molecule has 0 fully saturated rings. The van der Waals surface area contributed by atoms with Crippen molar-refractivity contribution in [3.63, 3.8) is 0 Å². The smallest absolute Gasteiger partial charge is 0.407 e. The molecule has 2 N–H and O–H groups in total. The lowest BCUT2D eigenvalue weighted by Gasteiger charge is -2.24. The number of ether oxygens (including phenoxy) is 2. The molecule has 6 heteroatoms. The van der Waals surface area contributed by atoms with Crippen molar-refractivity contribution in [2.75, 3.05) is 6.61 Å². The Morgan fingerprint density at radius 1 is 0.912 bits per heavy atom. The molecule has 0 aliphatic heterocycles. The molecule has 176 valence electrons. The first kappa shape index (κ1) is 23.4. The summed E-state index contributed by atoms with van der Waals surface area (Å²) in [6.45, 7) is 5.89. The largest absolute Gasteiger partial charge is 0.488 e. The Hall–Kier alpha value is -3.80. The van der Waals surface area contributed by atoms with Crippen LogP contribution in [0.2, 0.25) is 0 Å². The predicted molar refractivity (Wildman–Crippen MR) is 130 cm³/mol. The standard InChI is InChI=1S/C28H29NO5/c1-28(2,3)34-25-15-9-4-10-18(25)16-24(26(30)31)29-27(32)33-17-23-21-13-7-5-11-19(21)20-12-6-8-14-22(20)23/h4-15,23-24H,16-17H2,1-3H3,(H,29,32)(H,30,31)/t24-/m1/s1. The Kier molecular flexibility index (Phi) is 6.59. The lowest BCUT2D eigenvalue weighted by atomic mass is 9.98. The van der Waals surface area contributed by atoms with Gasteiger partial charge in [-0.05, 0) is 54.7 Å². The number of nitrogens with one attached hydrogen (secondary N) is 1. The van der Waals surface area contributed by atoms with Gasteiger partial charge in [0.15, 0.2) is 0 Å². The Labute approximate surface area is 199 Å². The van der Waals surface area contributed by atoms with Gasteiger partial charge in [0.1, 0.15) is 24.0 Å². The number of hydrogen-bond donors (Lipinski definition) is 2. The first-order chi connectivity index (χ1) is 16.2. The number of carboxylic acids is 1. The van der Waals surface area contributed by atoms with Crippen LogP contribution in [0.5, 0.6) is 5.75 Å². The first-order valence-electron chi connectivity index (χ1n) is 11.3. The van der Waals surface area contributed by atoms with Crippen molar-refractivity contribution in [1.29, 1.82) is 0 Å². The molecule has 1 amide bonds. The summed E-state index contributed by atoms with van der Waals surface area (Å²) in [5, 5.41) is 12.2. The van der Waals surface area contributed by atoms with E-state index in [4.69, 9.17) is 9.47 Å². The van der Waals surface area contributed by atoms with E-state index in [1.807, 2.05) is 69.3 Å². The summed E-state index contributed by atoms with van der Waals surface area (Å²) in [6, 6.07) is 22.2. The van der Waals surface area contributed by atoms with E-state index in [0.29, 0.717) is 11.3 Å². The second kappa shape index (κ2) is 9.59. The molecule has 0 bridgehead atoms. The fourth-order valence-electron chi connectivity index (χ4n) is 4.30. The van der Waals surface area contributed by atoms with Gasteiger partial charge in [-0.1, -0.05) is 66.7 Å². The zero-order valence-electron chi connectivity index (χ0n) is 19.6. The number of benzene rings is 3. The highest BCUT2D eigenvalue weighted by Crippen LogP contribution is 2.44. The summed E-state index contributed by atoms with van der Waals surface area (Å²) >= 11 is 0. The van der Waals surface area contributed by atoms with Gasteiger partial charge in [-0.15, -0.1) is 0 Å². The highest BCUT2D eigenvalue weighted by Gasteiger charge is 2.30. The number of carboxylic acid groups (broad SMARTS) is 1. The maximum absolute atomic E-state index is 12.6. The van der Waals surface area contributed by atoms with Crippen molar-refractivity contribution in [3.05, 3.63) is 89.5 Å². The van der Waals surface area contributed by atoms with E-state index in [-0.39, 0.29) is 18.9 Å². The monoisotopic (exact) mass is 459 g/mol. The molecule has 1 aliphatic carbocycles. The molecule has 0 aromatic heterocycles. The summed E-state index contributed by atoms with van der Waals surface area (Å²) in [4.78, 5) is 24.5. The molecule has 0 unspecified atom stereocenters. The second-order valence-corrected chi connectivity index (χ2v) is 9.39. The minimum Gasteiger partial charge on any atom is -0.488 e. The highest BCUT2D eigenvalue weighted by atomic mass is 16.5. The number of para-hydroxylation sites is 1. The third-order valence-corrected chi connectivity index (χ3v) is 5.75. The summed E-state index contributed by atoms with van der Waals surface area (Å²) in [5.74, 6) is -0.642. The van der Waals surface area contributed by atoms with E-state index in [1.165, 1.54) is 0 Å². The number of carbonyl (C=O) groups excluding carboxylic acids is 1. The third-order valence-electron chi connectivity index (χ3n) is 5.75. The van der Waals surface area contributed by atoms with Crippen LogP contribution in [0.1, 0.15) is 43.4 Å². The minimum atomic E-state index is -1.15. The fraction of sp³-hybridized carbons (Fsp3) is 0.286. The molecule has 34 heavy (non-hydrogen) atoms. The summed E-state index contributed by atoms with van der Waals surface area (Å²) < 4.78 is 11.5. The van der Waals surface area contributed by atoms with E-state index in [9.17, 15) is 14.7 Å². The molecule has 0 saturated carbocycles. The van der Waals surface area contributed by atoms with Gasteiger partial charge in [-0.3, -0.25) is 0 Å². The lowest BCUT2D eigenvalue weighted by Crippen LogP contribution is -2.43. The normalized spacial score (nSPS) is 13.5. The van der Waals surface area contributed by atoms with Crippen LogP contribution in [0.25, 0.3) is 11.1 Å². The summed E-state index contributed by atoms with van der Waals surface area (Å²) in [7, 11) is 0. The minimum absolute atomic E-state index is 0.0752. The Morgan fingerprint density at radius 3 is 2.06 bits per heavy atom. The molecular formula is C28H29NO5. The zero-order valence-corrected chi connectivity index (χ0v) is 19.6. The average molecular weight is 460 g/mol. The van der Waals surface area contributed by atoms with Crippen LogP contribution < -0.4 is 10.1 Å². The number of aliphatic carboxylic acids is 1. The summed E-state index contributed by atoms with van der Waals surface area (Å²) in [5.41, 5.74) is 4.72. The van der Waals surface area contributed by atoms with Crippen LogP contribution >= 0.6 is 0 Å². The van der Waals surface area contributed by atoms with Crippen LogP contribution in [0.15, 0.2) is 72.8 Å². The van der Waals surface area contributed by atoms with Crippen molar-refractivity contribution < 1.29 is 24.2 Å². The SMILES string of the molecule is CC(C)(C)Oc1ccccc1C[C@@H](NC(=O)OCC1c2ccccc2-c2ccccc21)C(=O)O. The van der Waals surface area contributed by atoms with Crippen LogP contribution in [-0.2, 0) is 16.0 Å². The van der Waals surface area contributed by atoms with Gasteiger partial charge in [0.25, 0.3) is 0 Å². The topological polar surface area (TPSA) is 84.9 Å². The van der Waals surface area contributed by atoms with E-state index in [2.05, 4.69) is 17.4 Å². The van der Waals surface area contributed by atoms with Gasteiger partial charge in [0.2, 0.25) is 0 Å². The number of carbonyl (C=O) groups is 2. The Morgan fingerprint density at radius 2 is 1.47 bits per heavy atom. The van der Waals surface area contributed by atoms with Crippen molar-refractivity contribution in [2.24, 2.45) is 0 Å². The maximum Gasteiger partial charge on any atom is 0.407 e. The van der Waals surface area contributed by atoms with Gasteiger partial charge in [-0.2, -0.15) is 0 Å². The molecule has 0 heterocycles. The number of fused-ring (bicyclic) bond motifs is 3. The molecule has 6 nitrogen and oxygen atoms in total. The predicted octanol–water partition coefficient (Wildman–Crippen LogP) is 5.40. The van der Waals surface area contributed by atoms with E-state index in [0.717, 1.165) is 22.3 Å². The molecule has 0 radical (unpaired) electrons. The number of hydrogen-bond acceptors (Lipinski definition) is 4. The lowest BCUT2D eigenvalue weighted by molar-refractivity contribution is -0.139. The van der Waals surface area contributed by atoms with Gasteiger partial charge in [0.05, 0.1) is 0 Å². The van der Waals surface area contributed by atoms with Crippen LogP contribution in [-0.4, -0.2) is 35.4 Å². The van der Waals surface area contributed by atoms with Gasteiger partial charge in [-0.25, -0.2) is 9.59 Å². The van der Waals surface area contributed by atoms with Crippen molar-refractivity contribution in [3.8, 4) is 16.9 Å². The van der Waals surface area contributed by atoms with E-state index >= 15 is 0 Å². The van der Waals surface area contributed by atoms with Crippen molar-refractivity contribution >= 4 is 12.1 Å². The van der Waals surface area contributed by atoms with Crippen LogP contribution in [0, 0.1) is 0 Å². The van der Waals surface area contributed by atoms with E-state index < -0.39 is 23.7 Å². The number of alkyl carbamates (subject to hydrolysis) is 1. The van der Waals surface area contributed by atoms with Gasteiger partial charge >= 0.3 is 12.1 Å². The molecule has 0 saturated heterocycles. The molecule has 1 aliphatic rings. The van der Waals surface area contributed by atoms with Gasteiger partial charge < -0.3 is 19.9 Å². The van der Waals surface area contributed by atoms with Crippen LogP contribution in [0.4, 0.5) is 4.79 Å². The number of amides is 1. The molecule has 3 aromatic carbocycles. The third kappa shape index (κ3) is 5.22. The van der Waals surface area contributed by atoms with Crippen LogP contribution in [0.3, 0.4) is 0 Å². The first-order valence-corrected chi connectivity index (χ1v) is 11.3. The average Bonchev–Trinajstić information content (AvgIpc) is 3.11. The zero-order chi connectivity index (χ0) is 24.3. The fourth-order valence-corrected chi connectivity index (χ4v) is 4.30. The maximum atomic E-state index is 12.6. The summed E-state index contributed by atoms with van der Waals surface area (Å²) in [6.07, 6.45) is -0.685. The van der Waals surface area contributed by atoms with Crippen molar-refractivity contribution in [2.45, 2.75) is 44.8 Å². The number of rotatable bonds is 7. The van der Waals surface area contributed by atoms with E-state index in [1.54, 1.807) is 12.1 Å². The highest BCUT2D eigenvalue weighted by molar-refractivity contribution is 5.81. The molecule has 0 spiro atoms. The Balaban J connectivity index is 1.44. The Bertz CT molecular complexity index is 1150. The van der Waals surface area contributed by atoms with Crippen molar-refractivity contribution in [1.82, 2.24) is 5.32 Å². The quantitative estimate of drug-likeness (QED) is 0.494. The molecular weight excluding hydrogens is 430 g/mol. The molecule has 1 atom stereocenters.